The minimum atomic E-state index is -0.197. The molecule has 94 valence electrons. The zero-order chi connectivity index (χ0) is 13.1. The van der Waals surface area contributed by atoms with Crippen molar-refractivity contribution in [1.82, 2.24) is 0 Å². The number of aryl methyl sites for hydroxylation is 1. The molecule has 18 heavy (non-hydrogen) atoms. The van der Waals surface area contributed by atoms with Gasteiger partial charge >= 0.3 is 0 Å². The number of nitrogens with two attached hydrogens (primary N) is 1. The first-order chi connectivity index (χ1) is 8.56. The van der Waals surface area contributed by atoms with Crippen LogP contribution in [0.4, 0.5) is 10.1 Å². The molecule has 0 heterocycles. The largest absolute Gasteiger partial charge is 0.398 e. The molecule has 2 N–H and O–H groups in total. The fraction of sp³-hybridized carbons (Fsp3) is 0.143. The molecule has 0 bridgehead atoms. The number of nitrogen functional groups attached to an aromatic ring is 1. The third-order valence-corrected chi connectivity index (χ3v) is 4.04. The number of benzene rings is 2. The normalized spacial score (nSPS) is 10.6. The highest BCUT2D eigenvalue weighted by atomic mass is 35.5. The van der Waals surface area contributed by atoms with Crippen molar-refractivity contribution in [2.45, 2.75) is 17.6 Å². The van der Waals surface area contributed by atoms with Gasteiger partial charge in [0, 0.05) is 10.6 Å². The fourth-order valence-corrected chi connectivity index (χ4v) is 2.84. The van der Waals surface area contributed by atoms with Gasteiger partial charge < -0.3 is 5.73 Å². The summed E-state index contributed by atoms with van der Waals surface area (Å²) >= 11 is 7.61. The monoisotopic (exact) mass is 281 g/mol. The summed E-state index contributed by atoms with van der Waals surface area (Å²) in [5, 5.41) is 0.566. The highest BCUT2D eigenvalue weighted by Gasteiger charge is 2.03. The number of thioether (sulfide) groups is 1. The highest BCUT2D eigenvalue weighted by Crippen LogP contribution is 2.29. The van der Waals surface area contributed by atoms with Crippen LogP contribution in [0.25, 0.3) is 0 Å². The topological polar surface area (TPSA) is 26.0 Å². The smallest absolute Gasteiger partial charge is 0.123 e. The van der Waals surface area contributed by atoms with Crippen LogP contribution in [0.15, 0.2) is 41.3 Å². The van der Waals surface area contributed by atoms with Gasteiger partial charge in [-0.3, -0.25) is 0 Å². The minimum Gasteiger partial charge on any atom is -0.398 e. The van der Waals surface area contributed by atoms with Crippen LogP contribution in [0.3, 0.4) is 0 Å². The Morgan fingerprint density at radius 2 is 2.00 bits per heavy atom. The fourth-order valence-electron chi connectivity index (χ4n) is 1.58. The number of hydrogen-bond acceptors (Lipinski definition) is 2. The second kappa shape index (κ2) is 5.63. The Hall–Kier alpha value is -1.19. The van der Waals surface area contributed by atoms with Crippen molar-refractivity contribution >= 4 is 29.1 Å². The van der Waals surface area contributed by atoms with Gasteiger partial charge in [-0.25, -0.2) is 4.39 Å². The van der Waals surface area contributed by atoms with Crippen LogP contribution in [0, 0.1) is 12.7 Å². The molecule has 0 atom stereocenters. The van der Waals surface area contributed by atoms with Gasteiger partial charge in [-0.1, -0.05) is 17.7 Å². The first-order valence-corrected chi connectivity index (χ1v) is 6.85. The maximum Gasteiger partial charge on any atom is 0.123 e. The molecule has 2 rings (SSSR count). The van der Waals surface area contributed by atoms with Crippen LogP contribution in [0.1, 0.15) is 11.1 Å². The highest BCUT2D eigenvalue weighted by molar-refractivity contribution is 7.98. The van der Waals surface area contributed by atoms with E-state index in [1.54, 1.807) is 23.9 Å². The number of hydrogen-bond donors (Lipinski definition) is 1. The SMILES string of the molecule is Cc1cc(F)ccc1CSc1ccc(N)c(Cl)c1. The van der Waals surface area contributed by atoms with Crippen LogP contribution in [-0.2, 0) is 5.75 Å². The van der Waals surface area contributed by atoms with Crippen LogP contribution < -0.4 is 5.73 Å². The third kappa shape index (κ3) is 3.18. The summed E-state index contributed by atoms with van der Waals surface area (Å²) in [6.07, 6.45) is 0. The van der Waals surface area contributed by atoms with Crippen molar-refractivity contribution in [2.24, 2.45) is 0 Å². The van der Waals surface area contributed by atoms with Crippen LogP contribution in [0.2, 0.25) is 5.02 Å². The van der Waals surface area contributed by atoms with Gasteiger partial charge in [0.05, 0.1) is 10.7 Å². The Labute approximate surface area is 115 Å². The molecule has 0 aromatic heterocycles. The lowest BCUT2D eigenvalue weighted by Gasteiger charge is -2.07. The van der Waals surface area contributed by atoms with Crippen molar-refractivity contribution in [3.8, 4) is 0 Å². The first-order valence-electron chi connectivity index (χ1n) is 5.49. The maximum absolute atomic E-state index is 13.0. The van der Waals surface area contributed by atoms with Gasteiger partial charge in [-0.05, 0) is 48.4 Å². The van der Waals surface area contributed by atoms with Crippen molar-refractivity contribution in [3.05, 3.63) is 58.4 Å². The third-order valence-electron chi connectivity index (χ3n) is 2.67. The van der Waals surface area contributed by atoms with E-state index in [9.17, 15) is 4.39 Å². The first kappa shape index (κ1) is 13.2. The van der Waals surface area contributed by atoms with E-state index >= 15 is 0 Å². The molecule has 0 aliphatic heterocycles. The average Bonchev–Trinajstić information content (AvgIpc) is 2.32. The van der Waals surface area contributed by atoms with Gasteiger partial charge in [-0.2, -0.15) is 0 Å². The van der Waals surface area contributed by atoms with E-state index < -0.39 is 0 Å². The van der Waals surface area contributed by atoms with Crippen molar-refractivity contribution in [1.29, 1.82) is 0 Å². The van der Waals surface area contributed by atoms with E-state index in [-0.39, 0.29) is 5.82 Å². The van der Waals surface area contributed by atoms with Crippen LogP contribution in [0.5, 0.6) is 0 Å². The predicted molar refractivity (Wildman–Crippen MR) is 76.6 cm³/mol. The summed E-state index contributed by atoms with van der Waals surface area (Å²) in [5.41, 5.74) is 8.32. The Morgan fingerprint density at radius 3 is 2.67 bits per heavy atom. The summed E-state index contributed by atoms with van der Waals surface area (Å²) in [7, 11) is 0. The summed E-state index contributed by atoms with van der Waals surface area (Å²) in [6, 6.07) is 10.4. The van der Waals surface area contributed by atoms with Gasteiger partial charge in [0.1, 0.15) is 5.82 Å². The Balaban J connectivity index is 2.09. The summed E-state index contributed by atoms with van der Waals surface area (Å²) in [5.74, 6) is 0.587. The van der Waals surface area contributed by atoms with E-state index in [1.165, 1.54) is 6.07 Å². The second-order valence-corrected chi connectivity index (χ2v) is 5.50. The molecule has 0 radical (unpaired) electrons. The number of halogens is 2. The van der Waals surface area contributed by atoms with Gasteiger partial charge in [0.2, 0.25) is 0 Å². The molecule has 0 spiro atoms. The van der Waals surface area contributed by atoms with Gasteiger partial charge in [-0.15, -0.1) is 11.8 Å². The lowest BCUT2D eigenvalue weighted by molar-refractivity contribution is 0.626. The molecule has 2 aromatic carbocycles. The lowest BCUT2D eigenvalue weighted by atomic mass is 10.1. The molecule has 2 aromatic rings. The summed E-state index contributed by atoms with van der Waals surface area (Å²) in [6.45, 7) is 1.91. The minimum absolute atomic E-state index is 0.197. The van der Waals surface area contributed by atoms with Crippen molar-refractivity contribution in [2.75, 3.05) is 5.73 Å². The van der Waals surface area contributed by atoms with E-state index in [2.05, 4.69) is 0 Å². The second-order valence-electron chi connectivity index (χ2n) is 4.04. The quantitative estimate of drug-likeness (QED) is 0.654. The molecule has 0 aliphatic carbocycles. The zero-order valence-corrected chi connectivity index (χ0v) is 11.5. The van der Waals surface area contributed by atoms with Crippen LogP contribution in [-0.4, -0.2) is 0 Å². The molecule has 0 saturated heterocycles. The van der Waals surface area contributed by atoms with E-state index in [1.807, 2.05) is 25.1 Å². The molecule has 0 aliphatic rings. The van der Waals surface area contributed by atoms with Gasteiger partial charge in [0.15, 0.2) is 0 Å². The molecule has 0 amide bonds. The van der Waals surface area contributed by atoms with E-state index in [4.69, 9.17) is 17.3 Å². The lowest BCUT2D eigenvalue weighted by Crippen LogP contribution is -1.89. The Bertz CT molecular complexity index is 572. The van der Waals surface area contributed by atoms with Gasteiger partial charge in [0.25, 0.3) is 0 Å². The molecule has 0 saturated carbocycles. The maximum atomic E-state index is 13.0. The molecular weight excluding hydrogens is 269 g/mol. The standard InChI is InChI=1S/C14H13ClFNS/c1-9-6-11(16)3-2-10(9)8-18-12-4-5-14(17)13(15)7-12/h2-7H,8,17H2,1H3. The molecule has 0 fully saturated rings. The number of anilines is 1. The van der Waals surface area contributed by atoms with Crippen LogP contribution >= 0.6 is 23.4 Å². The van der Waals surface area contributed by atoms with Crippen molar-refractivity contribution in [3.63, 3.8) is 0 Å². The number of rotatable bonds is 3. The van der Waals surface area contributed by atoms with Crippen molar-refractivity contribution < 1.29 is 4.39 Å². The average molecular weight is 282 g/mol. The Morgan fingerprint density at radius 1 is 1.22 bits per heavy atom. The molecule has 4 heteroatoms. The Kier molecular flexibility index (Phi) is 4.15. The summed E-state index contributed by atoms with van der Waals surface area (Å²) < 4.78 is 13.0. The molecule has 0 unspecified atom stereocenters. The molecular formula is C14H13ClFNS. The zero-order valence-electron chi connectivity index (χ0n) is 9.91. The summed E-state index contributed by atoms with van der Waals surface area (Å²) in [4.78, 5) is 1.05. The molecule has 1 nitrogen and oxygen atoms in total. The van der Waals surface area contributed by atoms with E-state index in [0.29, 0.717) is 10.7 Å². The predicted octanol–water partition coefficient (Wildman–Crippen LogP) is 4.66. The van der Waals surface area contributed by atoms with E-state index in [0.717, 1.165) is 21.8 Å².